The number of aliphatic hydroxyl groups is 1. The Labute approximate surface area is 99.0 Å². The monoisotopic (exact) mass is 238 g/mol. The van der Waals surface area contributed by atoms with Gasteiger partial charge in [0.25, 0.3) is 0 Å². The average Bonchev–Trinajstić information content (AvgIpc) is 2.29. The van der Waals surface area contributed by atoms with E-state index in [1.54, 1.807) is 18.2 Å². The van der Waals surface area contributed by atoms with Crippen molar-refractivity contribution < 1.29 is 14.3 Å². The Balaban J connectivity index is 1.99. The molecule has 92 valence electrons. The zero-order chi connectivity index (χ0) is 12.3. The number of nitrogens with one attached hydrogen (secondary N) is 1. The zero-order valence-corrected chi connectivity index (χ0v) is 9.40. The number of nitrogens with zero attached hydrogens (tertiary/aromatic N) is 1. The maximum absolute atomic E-state index is 13.4. The van der Waals surface area contributed by atoms with Crippen LogP contribution >= 0.6 is 0 Å². The first kappa shape index (κ1) is 12.0. The van der Waals surface area contributed by atoms with Crippen LogP contribution in [0.25, 0.3) is 0 Å². The van der Waals surface area contributed by atoms with Crippen molar-refractivity contribution in [3.63, 3.8) is 0 Å². The number of carbonyl (C=O) groups excluding carboxylic acids is 1. The molecule has 5 heteroatoms. The number of amides is 1. The van der Waals surface area contributed by atoms with Gasteiger partial charge in [-0.15, -0.1) is 0 Å². The number of carbonyl (C=O) groups is 1. The van der Waals surface area contributed by atoms with Gasteiger partial charge in [0.15, 0.2) is 0 Å². The standard InChI is InChI=1S/C12H15FN2O2/c13-10-4-2-1-3-9(10)11(16)7-15-6-5-14-12(17)8-15/h1-4,11,16H,5-8H2,(H,14,17). The molecule has 1 aromatic rings. The van der Waals surface area contributed by atoms with Gasteiger partial charge < -0.3 is 10.4 Å². The Bertz CT molecular complexity index is 411. The molecule has 1 amide bonds. The van der Waals surface area contributed by atoms with Crippen LogP contribution in [0.1, 0.15) is 11.7 Å². The summed E-state index contributed by atoms with van der Waals surface area (Å²) in [5.74, 6) is -0.474. The quantitative estimate of drug-likeness (QED) is 0.796. The van der Waals surface area contributed by atoms with E-state index in [9.17, 15) is 14.3 Å². The average molecular weight is 238 g/mol. The third-order valence-corrected chi connectivity index (χ3v) is 2.81. The number of β-amino-alcohol motifs (C(OH)–C–C–N with tert-alkyl or cyclic N) is 1. The summed E-state index contributed by atoms with van der Waals surface area (Å²) in [7, 11) is 0. The molecule has 0 aromatic heterocycles. The van der Waals surface area contributed by atoms with Gasteiger partial charge in [-0.2, -0.15) is 0 Å². The summed E-state index contributed by atoms with van der Waals surface area (Å²) in [4.78, 5) is 13.0. The van der Waals surface area contributed by atoms with Crippen LogP contribution in [-0.2, 0) is 4.79 Å². The van der Waals surface area contributed by atoms with Crippen molar-refractivity contribution in [3.05, 3.63) is 35.6 Å². The highest BCUT2D eigenvalue weighted by Gasteiger charge is 2.20. The summed E-state index contributed by atoms with van der Waals surface area (Å²) in [6.45, 7) is 1.78. The van der Waals surface area contributed by atoms with Gasteiger partial charge in [0.05, 0.1) is 12.6 Å². The molecule has 0 aliphatic carbocycles. The highest BCUT2D eigenvalue weighted by atomic mass is 19.1. The van der Waals surface area contributed by atoms with Crippen LogP contribution in [0.15, 0.2) is 24.3 Å². The lowest BCUT2D eigenvalue weighted by Gasteiger charge is -2.28. The van der Waals surface area contributed by atoms with Crippen LogP contribution in [0, 0.1) is 5.82 Å². The van der Waals surface area contributed by atoms with Crippen molar-refractivity contribution in [3.8, 4) is 0 Å². The van der Waals surface area contributed by atoms with E-state index in [2.05, 4.69) is 5.32 Å². The van der Waals surface area contributed by atoms with E-state index in [1.165, 1.54) is 6.07 Å². The van der Waals surface area contributed by atoms with Gasteiger partial charge >= 0.3 is 0 Å². The van der Waals surface area contributed by atoms with Crippen LogP contribution in [-0.4, -0.2) is 42.1 Å². The molecule has 2 rings (SSSR count). The van der Waals surface area contributed by atoms with Crippen LogP contribution < -0.4 is 5.32 Å². The SMILES string of the molecule is O=C1CN(CC(O)c2ccccc2F)CCN1. The highest BCUT2D eigenvalue weighted by molar-refractivity contribution is 5.78. The second kappa shape index (κ2) is 5.25. The normalized spacial score (nSPS) is 18.8. The summed E-state index contributed by atoms with van der Waals surface area (Å²) in [5, 5.41) is 12.6. The maximum Gasteiger partial charge on any atom is 0.234 e. The molecule has 1 fully saturated rings. The third kappa shape index (κ3) is 3.01. The van der Waals surface area contributed by atoms with E-state index in [1.807, 2.05) is 4.90 Å². The van der Waals surface area contributed by atoms with E-state index >= 15 is 0 Å². The lowest BCUT2D eigenvalue weighted by molar-refractivity contribution is -0.124. The third-order valence-electron chi connectivity index (χ3n) is 2.81. The fourth-order valence-corrected chi connectivity index (χ4v) is 1.94. The fraction of sp³-hybridized carbons (Fsp3) is 0.417. The molecule has 4 nitrogen and oxygen atoms in total. The number of hydrogen-bond acceptors (Lipinski definition) is 3. The Morgan fingerprint density at radius 1 is 1.47 bits per heavy atom. The van der Waals surface area contributed by atoms with E-state index in [0.717, 1.165) is 0 Å². The minimum Gasteiger partial charge on any atom is -0.387 e. The number of rotatable bonds is 3. The van der Waals surface area contributed by atoms with Crippen molar-refractivity contribution in [2.45, 2.75) is 6.10 Å². The first-order valence-corrected chi connectivity index (χ1v) is 5.58. The Kier molecular flexibility index (Phi) is 3.71. The van der Waals surface area contributed by atoms with Gasteiger partial charge in [-0.05, 0) is 6.07 Å². The molecule has 1 saturated heterocycles. The first-order valence-electron chi connectivity index (χ1n) is 5.58. The minimum atomic E-state index is -0.901. The molecule has 1 aromatic carbocycles. The predicted molar refractivity (Wildman–Crippen MR) is 60.8 cm³/mol. The van der Waals surface area contributed by atoms with E-state index in [-0.39, 0.29) is 24.6 Å². The van der Waals surface area contributed by atoms with Gasteiger partial charge in [-0.1, -0.05) is 18.2 Å². The summed E-state index contributed by atoms with van der Waals surface area (Å²) in [5.41, 5.74) is 0.276. The number of benzene rings is 1. The molecule has 1 aliphatic rings. The molecule has 1 aliphatic heterocycles. The van der Waals surface area contributed by atoms with Gasteiger partial charge in [0.2, 0.25) is 5.91 Å². The van der Waals surface area contributed by atoms with Crippen LogP contribution in [0.3, 0.4) is 0 Å². The summed E-state index contributed by atoms with van der Waals surface area (Å²) in [6, 6.07) is 6.15. The number of piperazine rings is 1. The number of aliphatic hydroxyl groups excluding tert-OH is 1. The number of hydrogen-bond donors (Lipinski definition) is 2. The van der Waals surface area contributed by atoms with Crippen molar-refractivity contribution in [2.75, 3.05) is 26.2 Å². The molecule has 1 unspecified atom stereocenters. The maximum atomic E-state index is 13.4. The first-order chi connectivity index (χ1) is 8.16. The molecule has 0 saturated carbocycles. The molecular weight excluding hydrogens is 223 g/mol. The number of halogens is 1. The highest BCUT2D eigenvalue weighted by Crippen LogP contribution is 2.17. The van der Waals surface area contributed by atoms with Gasteiger partial charge in [0.1, 0.15) is 5.82 Å². The molecule has 0 bridgehead atoms. The second-order valence-electron chi connectivity index (χ2n) is 4.12. The van der Waals surface area contributed by atoms with E-state index in [0.29, 0.717) is 13.1 Å². The lowest BCUT2D eigenvalue weighted by Crippen LogP contribution is -2.48. The Hall–Kier alpha value is -1.46. The van der Waals surface area contributed by atoms with Gasteiger partial charge in [0, 0.05) is 25.2 Å². The Morgan fingerprint density at radius 2 is 2.24 bits per heavy atom. The van der Waals surface area contributed by atoms with E-state index < -0.39 is 11.9 Å². The van der Waals surface area contributed by atoms with Crippen LogP contribution in [0.5, 0.6) is 0 Å². The largest absolute Gasteiger partial charge is 0.387 e. The predicted octanol–water partition coefficient (Wildman–Crippen LogP) is 0.291. The summed E-state index contributed by atoms with van der Waals surface area (Å²) in [6.07, 6.45) is -0.901. The van der Waals surface area contributed by atoms with Crippen molar-refractivity contribution in [1.82, 2.24) is 10.2 Å². The van der Waals surface area contributed by atoms with Crippen molar-refractivity contribution in [2.24, 2.45) is 0 Å². The minimum absolute atomic E-state index is 0.0583. The van der Waals surface area contributed by atoms with Crippen molar-refractivity contribution >= 4 is 5.91 Å². The molecule has 17 heavy (non-hydrogen) atoms. The van der Waals surface area contributed by atoms with Crippen LogP contribution in [0.2, 0.25) is 0 Å². The van der Waals surface area contributed by atoms with E-state index in [4.69, 9.17) is 0 Å². The molecule has 1 atom stereocenters. The van der Waals surface area contributed by atoms with Gasteiger partial charge in [-0.25, -0.2) is 4.39 Å². The zero-order valence-electron chi connectivity index (χ0n) is 9.40. The lowest BCUT2D eigenvalue weighted by atomic mass is 10.1. The summed E-state index contributed by atoms with van der Waals surface area (Å²) < 4.78 is 13.4. The van der Waals surface area contributed by atoms with Crippen LogP contribution in [0.4, 0.5) is 4.39 Å². The topological polar surface area (TPSA) is 52.6 Å². The fourth-order valence-electron chi connectivity index (χ4n) is 1.94. The second-order valence-corrected chi connectivity index (χ2v) is 4.12. The Morgan fingerprint density at radius 3 is 2.94 bits per heavy atom. The van der Waals surface area contributed by atoms with Crippen molar-refractivity contribution in [1.29, 1.82) is 0 Å². The molecule has 1 heterocycles. The molecule has 0 radical (unpaired) electrons. The molecular formula is C12H15FN2O2. The van der Waals surface area contributed by atoms with Gasteiger partial charge in [-0.3, -0.25) is 9.69 Å². The molecule has 0 spiro atoms. The molecule has 2 N–H and O–H groups in total. The summed E-state index contributed by atoms with van der Waals surface area (Å²) >= 11 is 0. The smallest absolute Gasteiger partial charge is 0.234 e.